The standard InChI is InChI=1S/C13H8ClFN2/c14-12-7-9(3-4-13(12)15)10(8-16)6-11-2-1-5-17-11/h1-7,17H/b10-6+. The molecule has 0 unspecified atom stereocenters. The lowest BCUT2D eigenvalue weighted by atomic mass is 10.1. The molecule has 0 aliphatic heterocycles. The fourth-order valence-electron chi connectivity index (χ4n) is 1.43. The Kier molecular flexibility index (Phi) is 3.27. The lowest BCUT2D eigenvalue weighted by molar-refractivity contribution is 0.628. The van der Waals surface area contributed by atoms with Crippen LogP contribution in [0.3, 0.4) is 0 Å². The van der Waals surface area contributed by atoms with E-state index in [1.807, 2.05) is 12.1 Å². The Morgan fingerprint density at radius 2 is 2.24 bits per heavy atom. The predicted molar refractivity (Wildman–Crippen MR) is 65.7 cm³/mol. The zero-order valence-corrected chi connectivity index (χ0v) is 9.50. The van der Waals surface area contributed by atoms with Crippen LogP contribution in [0.25, 0.3) is 11.6 Å². The van der Waals surface area contributed by atoms with E-state index in [4.69, 9.17) is 16.9 Å². The Balaban J connectivity index is 2.43. The van der Waals surface area contributed by atoms with Gasteiger partial charge in [-0.1, -0.05) is 17.7 Å². The molecule has 2 rings (SSSR count). The van der Waals surface area contributed by atoms with Crippen molar-refractivity contribution in [3.05, 3.63) is 58.6 Å². The summed E-state index contributed by atoms with van der Waals surface area (Å²) in [5.41, 5.74) is 1.82. The Labute approximate surface area is 103 Å². The van der Waals surface area contributed by atoms with Gasteiger partial charge >= 0.3 is 0 Å². The first-order valence-corrected chi connectivity index (χ1v) is 5.29. The second-order valence-electron chi connectivity index (χ2n) is 3.42. The molecule has 2 aromatic rings. The van der Waals surface area contributed by atoms with Gasteiger partial charge in [-0.3, -0.25) is 0 Å². The summed E-state index contributed by atoms with van der Waals surface area (Å²) in [6.07, 6.45) is 3.45. The van der Waals surface area contributed by atoms with E-state index in [-0.39, 0.29) is 5.02 Å². The number of benzene rings is 1. The molecular formula is C13H8ClFN2. The summed E-state index contributed by atoms with van der Waals surface area (Å²) in [7, 11) is 0. The average Bonchev–Trinajstić information content (AvgIpc) is 2.82. The number of aromatic nitrogens is 1. The number of halogens is 2. The van der Waals surface area contributed by atoms with Crippen LogP contribution in [0.1, 0.15) is 11.3 Å². The molecule has 0 fully saturated rings. The second kappa shape index (κ2) is 4.86. The molecule has 1 heterocycles. The van der Waals surface area contributed by atoms with Crippen LogP contribution in [0.5, 0.6) is 0 Å². The smallest absolute Gasteiger partial charge is 0.141 e. The fraction of sp³-hybridized carbons (Fsp3) is 0. The molecule has 1 N–H and O–H groups in total. The topological polar surface area (TPSA) is 39.6 Å². The molecule has 1 aromatic heterocycles. The summed E-state index contributed by atoms with van der Waals surface area (Å²) in [6.45, 7) is 0. The maximum absolute atomic E-state index is 13.0. The van der Waals surface area contributed by atoms with Crippen molar-refractivity contribution in [2.24, 2.45) is 0 Å². The van der Waals surface area contributed by atoms with Gasteiger partial charge in [-0.25, -0.2) is 4.39 Å². The quantitative estimate of drug-likeness (QED) is 0.803. The van der Waals surface area contributed by atoms with Gasteiger partial charge < -0.3 is 4.98 Å². The first-order valence-electron chi connectivity index (χ1n) is 4.91. The minimum absolute atomic E-state index is 0.00938. The van der Waals surface area contributed by atoms with E-state index < -0.39 is 5.82 Å². The van der Waals surface area contributed by atoms with Gasteiger partial charge in [0.15, 0.2) is 0 Å². The van der Waals surface area contributed by atoms with Gasteiger partial charge in [-0.05, 0) is 35.9 Å². The zero-order chi connectivity index (χ0) is 12.3. The lowest BCUT2D eigenvalue weighted by Gasteiger charge is -2.00. The summed E-state index contributed by atoms with van der Waals surface area (Å²) in [5, 5.41) is 9.08. The lowest BCUT2D eigenvalue weighted by Crippen LogP contribution is -1.85. The summed E-state index contributed by atoms with van der Waals surface area (Å²) < 4.78 is 13.0. The minimum Gasteiger partial charge on any atom is -0.362 e. The molecule has 0 saturated carbocycles. The average molecular weight is 247 g/mol. The number of rotatable bonds is 2. The highest BCUT2D eigenvalue weighted by molar-refractivity contribution is 6.31. The van der Waals surface area contributed by atoms with Crippen LogP contribution in [-0.4, -0.2) is 4.98 Å². The number of hydrogen-bond acceptors (Lipinski definition) is 1. The SMILES string of the molecule is N#C/C(=C\c1ccc[nH]1)c1ccc(F)c(Cl)c1. The van der Waals surface area contributed by atoms with E-state index in [9.17, 15) is 4.39 Å². The van der Waals surface area contributed by atoms with E-state index in [0.29, 0.717) is 11.1 Å². The van der Waals surface area contributed by atoms with E-state index >= 15 is 0 Å². The summed E-state index contributed by atoms with van der Waals surface area (Å²) in [5.74, 6) is -0.493. The van der Waals surface area contributed by atoms with Crippen molar-refractivity contribution in [1.29, 1.82) is 5.26 Å². The molecule has 84 valence electrons. The van der Waals surface area contributed by atoms with Crippen LogP contribution >= 0.6 is 11.6 Å². The van der Waals surface area contributed by atoms with E-state index in [1.54, 1.807) is 12.3 Å². The highest BCUT2D eigenvalue weighted by Crippen LogP contribution is 2.22. The van der Waals surface area contributed by atoms with Crippen molar-refractivity contribution in [2.45, 2.75) is 0 Å². The van der Waals surface area contributed by atoms with Crippen LogP contribution in [0.15, 0.2) is 36.5 Å². The molecular weight excluding hydrogens is 239 g/mol. The molecule has 0 amide bonds. The van der Waals surface area contributed by atoms with Crippen LogP contribution in [0.4, 0.5) is 4.39 Å². The van der Waals surface area contributed by atoms with E-state index in [2.05, 4.69) is 11.1 Å². The number of allylic oxidation sites excluding steroid dienone is 1. The minimum atomic E-state index is -0.493. The first-order chi connectivity index (χ1) is 8.20. The summed E-state index contributed by atoms with van der Waals surface area (Å²) >= 11 is 5.68. The molecule has 0 spiro atoms. The van der Waals surface area contributed by atoms with Gasteiger partial charge in [0.25, 0.3) is 0 Å². The molecule has 4 heteroatoms. The molecule has 0 aliphatic rings. The van der Waals surface area contributed by atoms with Crippen molar-refractivity contribution in [2.75, 3.05) is 0 Å². The van der Waals surface area contributed by atoms with E-state index in [0.717, 1.165) is 5.69 Å². The molecule has 0 atom stereocenters. The third-order valence-electron chi connectivity index (χ3n) is 2.27. The van der Waals surface area contributed by atoms with Crippen molar-refractivity contribution >= 4 is 23.3 Å². The maximum Gasteiger partial charge on any atom is 0.141 e. The van der Waals surface area contributed by atoms with Gasteiger partial charge in [0.05, 0.1) is 16.7 Å². The second-order valence-corrected chi connectivity index (χ2v) is 3.83. The molecule has 17 heavy (non-hydrogen) atoms. The number of hydrogen-bond donors (Lipinski definition) is 1. The predicted octanol–water partition coefficient (Wildman–Crippen LogP) is 3.87. The molecule has 0 aliphatic carbocycles. The highest BCUT2D eigenvalue weighted by atomic mass is 35.5. The van der Waals surface area contributed by atoms with Gasteiger partial charge in [0.2, 0.25) is 0 Å². The van der Waals surface area contributed by atoms with E-state index in [1.165, 1.54) is 18.2 Å². The van der Waals surface area contributed by atoms with Crippen LogP contribution < -0.4 is 0 Å². The first kappa shape index (κ1) is 11.4. The number of nitrogens with zero attached hydrogens (tertiary/aromatic N) is 1. The number of nitriles is 1. The molecule has 1 aromatic carbocycles. The van der Waals surface area contributed by atoms with Gasteiger partial charge in [0, 0.05) is 11.9 Å². The highest BCUT2D eigenvalue weighted by Gasteiger charge is 2.05. The number of H-pyrrole nitrogens is 1. The van der Waals surface area contributed by atoms with Gasteiger partial charge in [-0.15, -0.1) is 0 Å². The monoisotopic (exact) mass is 246 g/mol. The fourth-order valence-corrected chi connectivity index (χ4v) is 1.61. The van der Waals surface area contributed by atoms with Crippen molar-refractivity contribution in [3.63, 3.8) is 0 Å². The van der Waals surface area contributed by atoms with Crippen LogP contribution in [0.2, 0.25) is 5.02 Å². The molecule has 2 nitrogen and oxygen atoms in total. The Bertz CT molecular complexity index is 594. The molecule has 0 radical (unpaired) electrons. The third-order valence-corrected chi connectivity index (χ3v) is 2.56. The van der Waals surface area contributed by atoms with Crippen LogP contribution in [0, 0.1) is 17.1 Å². The van der Waals surface area contributed by atoms with Gasteiger partial charge in [-0.2, -0.15) is 5.26 Å². The normalized spacial score (nSPS) is 11.2. The Hall–Kier alpha value is -2.05. The zero-order valence-electron chi connectivity index (χ0n) is 8.74. The van der Waals surface area contributed by atoms with Crippen molar-refractivity contribution < 1.29 is 4.39 Å². The van der Waals surface area contributed by atoms with Crippen molar-refractivity contribution in [1.82, 2.24) is 4.98 Å². The maximum atomic E-state index is 13.0. The Morgan fingerprint density at radius 1 is 1.41 bits per heavy atom. The molecule has 0 saturated heterocycles. The summed E-state index contributed by atoms with van der Waals surface area (Å²) in [4.78, 5) is 2.96. The summed E-state index contributed by atoms with van der Waals surface area (Å²) in [6, 6.07) is 9.94. The largest absolute Gasteiger partial charge is 0.362 e. The third kappa shape index (κ3) is 2.55. The number of aromatic amines is 1. The van der Waals surface area contributed by atoms with Crippen molar-refractivity contribution in [3.8, 4) is 6.07 Å². The van der Waals surface area contributed by atoms with Crippen LogP contribution in [-0.2, 0) is 0 Å². The Morgan fingerprint density at radius 3 is 2.82 bits per heavy atom. The number of nitrogens with one attached hydrogen (secondary N) is 1. The molecule has 0 bridgehead atoms. The van der Waals surface area contributed by atoms with Gasteiger partial charge in [0.1, 0.15) is 5.82 Å².